The van der Waals surface area contributed by atoms with Crippen LogP contribution in [0.25, 0.3) is 0 Å². The predicted octanol–water partition coefficient (Wildman–Crippen LogP) is 4.62. The van der Waals surface area contributed by atoms with Gasteiger partial charge in [0, 0.05) is 12.3 Å². The van der Waals surface area contributed by atoms with Crippen LogP contribution in [-0.4, -0.2) is 55.1 Å². The number of sulfone groups is 1. The average Bonchev–Trinajstić information content (AvgIpc) is 3.86. The molecule has 1 aliphatic heterocycles. The number of piperidine rings is 1. The Balaban J connectivity index is 1.44. The van der Waals surface area contributed by atoms with Crippen LogP contribution in [0.4, 0.5) is 21.8 Å². The Morgan fingerprint density at radius 2 is 1.95 bits per heavy atom. The molecule has 1 aromatic carbocycles. The summed E-state index contributed by atoms with van der Waals surface area (Å²) in [5.74, 6) is 0.572. The third kappa shape index (κ3) is 6.84. The largest absolute Gasteiger partial charge is 0.488 e. The van der Waals surface area contributed by atoms with Crippen molar-refractivity contribution in [1.29, 1.82) is 0 Å². The van der Waals surface area contributed by atoms with E-state index in [1.54, 1.807) is 19.9 Å². The summed E-state index contributed by atoms with van der Waals surface area (Å²) in [6, 6.07) is 3.34. The SMILES string of the molecule is CC(C)S(=O)(=O)C(N)=C(C=NC1CC1)Nc1nc(Nc2cc(F)c(C3CCNCC3)cc2OC2CC2)ncc1Cl. The van der Waals surface area contributed by atoms with E-state index in [0.29, 0.717) is 17.0 Å². The molecule has 2 aliphatic carbocycles. The van der Waals surface area contributed by atoms with Gasteiger partial charge < -0.3 is 26.4 Å². The van der Waals surface area contributed by atoms with E-state index in [-0.39, 0.29) is 51.4 Å². The fraction of sp³-hybridized carbons (Fsp3) is 0.519. The fourth-order valence-electron chi connectivity index (χ4n) is 4.31. The van der Waals surface area contributed by atoms with Crippen LogP contribution in [-0.2, 0) is 9.84 Å². The van der Waals surface area contributed by atoms with Crippen LogP contribution in [0.15, 0.2) is 34.0 Å². The van der Waals surface area contributed by atoms with Crippen molar-refractivity contribution in [2.24, 2.45) is 10.7 Å². The third-order valence-corrected chi connectivity index (χ3v) is 9.44. The van der Waals surface area contributed by atoms with E-state index < -0.39 is 15.1 Å². The van der Waals surface area contributed by atoms with E-state index in [4.69, 9.17) is 22.1 Å². The van der Waals surface area contributed by atoms with Crippen molar-refractivity contribution in [2.45, 2.75) is 75.7 Å². The van der Waals surface area contributed by atoms with Crippen LogP contribution >= 0.6 is 11.6 Å². The molecule has 216 valence electrons. The minimum absolute atomic E-state index is 0.0716. The standard InChI is InChI=1S/C27H35ClFN7O3S/c1-15(2)40(37,38)25(30)23(14-32-17-3-4-17)34-26-20(28)13-33-27(36-26)35-22-12-21(29)19(16-7-9-31-10-8-16)11-24(22)39-18-5-6-18/h11-18,31H,3-10,30H2,1-2H3,(H2,33,34,35,36). The molecule has 2 saturated carbocycles. The number of halogens is 2. The second-order valence-corrected chi connectivity index (χ2v) is 13.6. The highest BCUT2D eigenvalue weighted by Crippen LogP contribution is 2.39. The minimum atomic E-state index is -3.79. The number of hydrogen-bond acceptors (Lipinski definition) is 10. The van der Waals surface area contributed by atoms with E-state index in [0.717, 1.165) is 51.6 Å². The van der Waals surface area contributed by atoms with Crippen LogP contribution in [0.3, 0.4) is 0 Å². The molecule has 0 amide bonds. The lowest BCUT2D eigenvalue weighted by atomic mass is 9.89. The highest BCUT2D eigenvalue weighted by atomic mass is 35.5. The maximum atomic E-state index is 15.3. The van der Waals surface area contributed by atoms with Crippen LogP contribution in [0, 0.1) is 5.82 Å². The number of rotatable bonds is 11. The Morgan fingerprint density at radius 1 is 1.23 bits per heavy atom. The molecule has 0 radical (unpaired) electrons. The van der Waals surface area contributed by atoms with Crippen molar-refractivity contribution in [1.82, 2.24) is 15.3 Å². The minimum Gasteiger partial charge on any atom is -0.488 e. The van der Waals surface area contributed by atoms with Crippen LogP contribution < -0.4 is 26.4 Å². The number of aliphatic imine (C=N–C) groups is 1. The van der Waals surface area contributed by atoms with Crippen LogP contribution in [0.5, 0.6) is 5.75 Å². The summed E-state index contributed by atoms with van der Waals surface area (Å²) in [6.07, 6.45) is 8.35. The van der Waals surface area contributed by atoms with Crippen LogP contribution in [0.1, 0.15) is 63.9 Å². The number of anilines is 3. The summed E-state index contributed by atoms with van der Waals surface area (Å²) in [5, 5.41) is 8.35. The van der Waals surface area contributed by atoms with Gasteiger partial charge in [-0.25, -0.2) is 17.8 Å². The van der Waals surface area contributed by atoms with Crippen molar-refractivity contribution >= 4 is 45.1 Å². The van der Waals surface area contributed by atoms with Crippen molar-refractivity contribution in [3.8, 4) is 5.75 Å². The molecule has 2 heterocycles. The molecule has 10 nitrogen and oxygen atoms in total. The first-order valence-corrected chi connectivity index (χ1v) is 15.6. The molecule has 2 aromatic rings. The Morgan fingerprint density at radius 3 is 2.60 bits per heavy atom. The van der Waals surface area contributed by atoms with Gasteiger partial charge >= 0.3 is 0 Å². The molecule has 1 saturated heterocycles. The van der Waals surface area contributed by atoms with E-state index in [1.165, 1.54) is 18.5 Å². The Bertz CT molecular complexity index is 1420. The summed E-state index contributed by atoms with van der Waals surface area (Å²) in [7, 11) is -3.79. The molecule has 3 aliphatic rings. The van der Waals surface area contributed by atoms with E-state index in [2.05, 4.69) is 30.9 Å². The smallest absolute Gasteiger partial charge is 0.229 e. The molecule has 5 rings (SSSR count). The molecule has 0 spiro atoms. The predicted molar refractivity (Wildman–Crippen MR) is 156 cm³/mol. The van der Waals surface area contributed by atoms with Crippen molar-refractivity contribution < 1.29 is 17.5 Å². The summed E-state index contributed by atoms with van der Waals surface area (Å²) >= 11 is 6.38. The van der Waals surface area contributed by atoms with Crippen molar-refractivity contribution in [3.05, 3.63) is 45.5 Å². The molecule has 0 bridgehead atoms. The first kappa shape index (κ1) is 28.6. The summed E-state index contributed by atoms with van der Waals surface area (Å²) in [4.78, 5) is 13.1. The van der Waals surface area contributed by atoms with Gasteiger partial charge in [0.25, 0.3) is 0 Å². The molecule has 40 heavy (non-hydrogen) atoms. The Labute approximate surface area is 239 Å². The normalized spacial score (nSPS) is 19.1. The highest BCUT2D eigenvalue weighted by molar-refractivity contribution is 7.95. The lowest BCUT2D eigenvalue weighted by molar-refractivity contribution is 0.303. The zero-order valence-corrected chi connectivity index (χ0v) is 24.2. The van der Waals surface area contributed by atoms with Gasteiger partial charge in [0.1, 0.15) is 16.6 Å². The van der Waals surface area contributed by atoms with Gasteiger partial charge in [-0.1, -0.05) is 11.6 Å². The lowest BCUT2D eigenvalue weighted by Gasteiger charge is -2.24. The van der Waals surface area contributed by atoms with Gasteiger partial charge in [-0.3, -0.25) is 4.99 Å². The second-order valence-electron chi connectivity index (χ2n) is 10.7. The van der Waals surface area contributed by atoms with Crippen molar-refractivity contribution in [3.63, 3.8) is 0 Å². The molecule has 3 fully saturated rings. The van der Waals surface area contributed by atoms with E-state index in [9.17, 15) is 8.42 Å². The Hall–Kier alpha value is -2.96. The van der Waals surface area contributed by atoms with E-state index >= 15 is 4.39 Å². The first-order valence-electron chi connectivity index (χ1n) is 13.7. The number of hydrogen-bond donors (Lipinski definition) is 4. The molecule has 1 aromatic heterocycles. The summed E-state index contributed by atoms with van der Waals surface area (Å²) in [5.41, 5.74) is 7.21. The monoisotopic (exact) mass is 591 g/mol. The number of nitrogens with two attached hydrogens (primary N) is 1. The molecule has 5 N–H and O–H groups in total. The maximum absolute atomic E-state index is 15.3. The number of ether oxygens (including phenoxy) is 1. The molecule has 13 heteroatoms. The molecule has 0 atom stereocenters. The number of nitrogens with zero attached hydrogens (tertiary/aromatic N) is 3. The van der Waals surface area contributed by atoms with Gasteiger partial charge in [0.2, 0.25) is 5.95 Å². The topological polar surface area (TPSA) is 144 Å². The highest BCUT2D eigenvalue weighted by Gasteiger charge is 2.28. The third-order valence-electron chi connectivity index (χ3n) is 7.09. The summed E-state index contributed by atoms with van der Waals surface area (Å²) < 4.78 is 47.1. The van der Waals surface area contributed by atoms with Crippen LogP contribution in [0.2, 0.25) is 5.02 Å². The average molecular weight is 592 g/mol. The van der Waals surface area contributed by atoms with Gasteiger partial charge in [-0.05, 0) is 83.0 Å². The van der Waals surface area contributed by atoms with Gasteiger partial charge in [0.15, 0.2) is 20.7 Å². The van der Waals surface area contributed by atoms with Gasteiger partial charge in [0.05, 0.1) is 35.0 Å². The number of allylic oxidation sites excluding steroid dienone is 1. The second kappa shape index (κ2) is 11.9. The first-order chi connectivity index (χ1) is 19.1. The number of aromatic nitrogens is 2. The molecular weight excluding hydrogens is 557 g/mol. The van der Waals surface area contributed by atoms with E-state index in [1.807, 2.05) is 0 Å². The number of nitrogens with one attached hydrogen (secondary N) is 3. The molecular formula is C27H35ClFN7O3S. The zero-order valence-electron chi connectivity index (χ0n) is 22.6. The van der Waals surface area contributed by atoms with Gasteiger partial charge in [-0.15, -0.1) is 0 Å². The molecule has 0 unspecified atom stereocenters. The Kier molecular flexibility index (Phi) is 8.48. The fourth-order valence-corrected chi connectivity index (χ4v) is 5.36. The quantitative estimate of drug-likeness (QED) is 0.275. The number of benzene rings is 1. The van der Waals surface area contributed by atoms with Crippen molar-refractivity contribution in [2.75, 3.05) is 23.7 Å². The van der Waals surface area contributed by atoms with Gasteiger partial charge in [-0.2, -0.15) is 4.98 Å². The zero-order chi connectivity index (χ0) is 28.4. The lowest BCUT2D eigenvalue weighted by Crippen LogP contribution is -2.27. The maximum Gasteiger partial charge on any atom is 0.229 e. The summed E-state index contributed by atoms with van der Waals surface area (Å²) in [6.45, 7) is 4.80.